The van der Waals surface area contributed by atoms with Crippen LogP contribution in [0.5, 0.6) is 0 Å². The van der Waals surface area contributed by atoms with E-state index in [0.717, 1.165) is 38.2 Å². The summed E-state index contributed by atoms with van der Waals surface area (Å²) in [4.78, 5) is 16.9. The molecule has 0 spiro atoms. The molecule has 11 heteroatoms. The van der Waals surface area contributed by atoms with Gasteiger partial charge in [0.2, 0.25) is 5.95 Å². The first-order valence-electron chi connectivity index (χ1n) is 12.9. The number of nitrogens with one attached hydrogen (secondary N) is 2. The Morgan fingerprint density at radius 2 is 1.79 bits per heavy atom. The number of aromatic nitrogens is 5. The number of benzene rings is 2. The highest BCUT2D eigenvalue weighted by Crippen LogP contribution is 2.33. The summed E-state index contributed by atoms with van der Waals surface area (Å²) in [7, 11) is 0. The van der Waals surface area contributed by atoms with Gasteiger partial charge in [0.05, 0.1) is 12.2 Å². The molecule has 2 aromatic carbocycles. The number of hydrogen-bond donors (Lipinski definition) is 2. The number of rotatable bonds is 6. The van der Waals surface area contributed by atoms with Crippen molar-refractivity contribution in [3.8, 4) is 22.5 Å². The van der Waals surface area contributed by atoms with Crippen molar-refractivity contribution >= 4 is 17.5 Å². The van der Waals surface area contributed by atoms with Crippen LogP contribution in [0.4, 0.5) is 24.8 Å². The molecule has 39 heavy (non-hydrogen) atoms. The molecule has 0 saturated heterocycles. The SMILES string of the molecule is CC.CCn1nc(-c2ccc(-c3cnn(CC(F)(F)F)c3)cc2C)nc1Nc1cc2c(cc1C)C(=O)NC2C. The standard InChI is InChI=1S/C26H26F3N7O.C2H6/c1-5-36-25(32-22-10-20-16(4)31-24(37)21(20)9-15(22)3)33-23(34-36)19-7-6-17(8-14(19)2)18-11-30-35(12-18)13-26(27,28)29;1-2/h6-12,16H,5,13H2,1-4H3,(H,31,37)(H,32,33,34);1-2H3. The Labute approximate surface area is 225 Å². The van der Waals surface area contributed by atoms with Crippen molar-refractivity contribution in [1.29, 1.82) is 0 Å². The van der Waals surface area contributed by atoms with E-state index in [1.165, 1.54) is 12.4 Å². The van der Waals surface area contributed by atoms with E-state index in [9.17, 15) is 18.0 Å². The lowest BCUT2D eigenvalue weighted by Gasteiger charge is -2.12. The van der Waals surface area contributed by atoms with E-state index in [1.54, 1.807) is 4.68 Å². The lowest BCUT2D eigenvalue weighted by Crippen LogP contribution is -2.17. The van der Waals surface area contributed by atoms with Gasteiger partial charge in [-0.15, -0.1) is 5.10 Å². The lowest BCUT2D eigenvalue weighted by atomic mass is 10.0. The minimum Gasteiger partial charge on any atom is -0.345 e. The van der Waals surface area contributed by atoms with Gasteiger partial charge in [0, 0.05) is 35.1 Å². The van der Waals surface area contributed by atoms with Crippen LogP contribution in [0, 0.1) is 13.8 Å². The predicted molar refractivity (Wildman–Crippen MR) is 145 cm³/mol. The highest BCUT2D eigenvalue weighted by molar-refractivity contribution is 6.00. The minimum absolute atomic E-state index is 0.0648. The number of alkyl halides is 3. The topological polar surface area (TPSA) is 89.7 Å². The Hall–Kier alpha value is -4.15. The van der Waals surface area contributed by atoms with Crippen LogP contribution in [-0.4, -0.2) is 36.6 Å². The van der Waals surface area contributed by atoms with Crippen LogP contribution < -0.4 is 10.6 Å². The van der Waals surface area contributed by atoms with Crippen LogP contribution >= 0.6 is 0 Å². The van der Waals surface area contributed by atoms with Crippen LogP contribution in [-0.2, 0) is 13.1 Å². The number of carbonyl (C=O) groups excluding carboxylic acids is 1. The Kier molecular flexibility index (Phi) is 7.80. The van der Waals surface area contributed by atoms with Crippen molar-refractivity contribution in [3.63, 3.8) is 0 Å². The summed E-state index contributed by atoms with van der Waals surface area (Å²) in [5.74, 6) is 1.04. The molecule has 8 nitrogen and oxygen atoms in total. The van der Waals surface area contributed by atoms with Crippen LogP contribution in [0.3, 0.4) is 0 Å². The second-order valence-corrected chi connectivity index (χ2v) is 9.22. The molecule has 1 amide bonds. The van der Waals surface area contributed by atoms with Gasteiger partial charge < -0.3 is 10.6 Å². The molecular formula is C28H32F3N7O. The number of aryl methyl sites for hydroxylation is 3. The summed E-state index contributed by atoms with van der Waals surface area (Å²) < 4.78 is 40.7. The number of carbonyl (C=O) groups is 1. The first-order valence-corrected chi connectivity index (χ1v) is 12.9. The molecule has 0 bridgehead atoms. The maximum absolute atomic E-state index is 12.7. The molecule has 2 N–H and O–H groups in total. The normalized spacial score (nSPS) is 14.5. The van der Waals surface area contributed by atoms with Gasteiger partial charge in [0.1, 0.15) is 6.54 Å². The number of amides is 1. The number of hydrogen-bond acceptors (Lipinski definition) is 5. The Morgan fingerprint density at radius 3 is 2.46 bits per heavy atom. The van der Waals surface area contributed by atoms with E-state index < -0.39 is 12.7 Å². The van der Waals surface area contributed by atoms with Gasteiger partial charge in [-0.2, -0.15) is 23.3 Å². The zero-order valence-corrected chi connectivity index (χ0v) is 22.8. The van der Waals surface area contributed by atoms with Crippen molar-refractivity contribution in [1.82, 2.24) is 29.9 Å². The summed E-state index contributed by atoms with van der Waals surface area (Å²) in [6.07, 6.45) is -1.52. The fourth-order valence-electron chi connectivity index (χ4n) is 4.53. The number of anilines is 2. The van der Waals surface area contributed by atoms with Crippen molar-refractivity contribution in [2.24, 2.45) is 0 Å². The van der Waals surface area contributed by atoms with Gasteiger partial charge in [-0.1, -0.05) is 32.0 Å². The van der Waals surface area contributed by atoms with E-state index in [-0.39, 0.29) is 11.9 Å². The molecule has 2 aromatic heterocycles. The molecule has 1 aliphatic heterocycles. The van der Waals surface area contributed by atoms with Gasteiger partial charge in [-0.25, -0.2) is 4.68 Å². The molecule has 1 atom stereocenters. The summed E-state index contributed by atoms with van der Waals surface area (Å²) in [6, 6.07) is 9.37. The molecule has 0 saturated carbocycles. The molecule has 0 fully saturated rings. The van der Waals surface area contributed by atoms with Crippen molar-refractivity contribution < 1.29 is 18.0 Å². The number of halogens is 3. The third kappa shape index (κ3) is 5.81. The van der Waals surface area contributed by atoms with Crippen molar-refractivity contribution in [2.45, 2.75) is 66.9 Å². The first kappa shape index (κ1) is 27.9. The summed E-state index contributed by atoms with van der Waals surface area (Å²) >= 11 is 0. The summed E-state index contributed by atoms with van der Waals surface area (Å²) in [5.41, 5.74) is 6.44. The van der Waals surface area contributed by atoms with Gasteiger partial charge in [-0.3, -0.25) is 9.48 Å². The average molecular weight is 540 g/mol. The molecule has 0 aliphatic carbocycles. The fraction of sp³-hybridized carbons (Fsp3) is 0.357. The van der Waals surface area contributed by atoms with Gasteiger partial charge in [0.15, 0.2) is 5.82 Å². The molecule has 206 valence electrons. The average Bonchev–Trinajstić information content (AvgIpc) is 3.58. The second kappa shape index (κ2) is 10.9. The van der Waals surface area contributed by atoms with Crippen LogP contribution in [0.2, 0.25) is 0 Å². The van der Waals surface area contributed by atoms with Gasteiger partial charge >= 0.3 is 6.18 Å². The maximum Gasteiger partial charge on any atom is 0.408 e. The van der Waals surface area contributed by atoms with E-state index >= 15 is 0 Å². The third-order valence-corrected chi connectivity index (χ3v) is 6.45. The number of fused-ring (bicyclic) bond motifs is 1. The zero-order chi connectivity index (χ0) is 28.5. The third-order valence-electron chi connectivity index (χ3n) is 6.45. The number of nitrogens with zero attached hydrogens (tertiary/aromatic N) is 5. The Balaban J connectivity index is 0.00000172. The molecule has 1 aliphatic rings. The van der Waals surface area contributed by atoms with Crippen molar-refractivity contribution in [3.05, 3.63) is 65.0 Å². The van der Waals surface area contributed by atoms with Gasteiger partial charge in [0.25, 0.3) is 5.91 Å². The zero-order valence-electron chi connectivity index (χ0n) is 22.8. The Bertz CT molecular complexity index is 1500. The molecule has 1 unspecified atom stereocenters. The van der Waals surface area contributed by atoms with E-state index in [2.05, 4.69) is 20.8 Å². The van der Waals surface area contributed by atoms with E-state index in [0.29, 0.717) is 29.4 Å². The summed E-state index contributed by atoms with van der Waals surface area (Å²) in [5, 5.41) is 14.8. The van der Waals surface area contributed by atoms with Crippen LogP contribution in [0.15, 0.2) is 42.7 Å². The largest absolute Gasteiger partial charge is 0.408 e. The van der Waals surface area contributed by atoms with Gasteiger partial charge in [-0.05, 0) is 62.1 Å². The minimum atomic E-state index is -4.33. The predicted octanol–water partition coefficient (Wildman–Crippen LogP) is 6.58. The second-order valence-electron chi connectivity index (χ2n) is 9.22. The molecular weight excluding hydrogens is 507 g/mol. The lowest BCUT2D eigenvalue weighted by molar-refractivity contribution is -0.142. The maximum atomic E-state index is 12.7. The fourth-order valence-corrected chi connectivity index (χ4v) is 4.53. The van der Waals surface area contributed by atoms with Crippen LogP contribution in [0.25, 0.3) is 22.5 Å². The van der Waals surface area contributed by atoms with E-state index in [1.807, 2.05) is 71.9 Å². The molecule has 4 aromatic rings. The monoisotopic (exact) mass is 539 g/mol. The van der Waals surface area contributed by atoms with E-state index in [4.69, 9.17) is 4.98 Å². The Morgan fingerprint density at radius 1 is 1.05 bits per heavy atom. The molecule has 0 radical (unpaired) electrons. The first-order chi connectivity index (χ1) is 18.5. The summed E-state index contributed by atoms with van der Waals surface area (Å²) in [6.45, 7) is 11.2. The smallest absolute Gasteiger partial charge is 0.345 e. The molecule has 3 heterocycles. The highest BCUT2D eigenvalue weighted by atomic mass is 19.4. The van der Waals surface area contributed by atoms with Crippen molar-refractivity contribution in [2.75, 3.05) is 5.32 Å². The highest BCUT2D eigenvalue weighted by Gasteiger charge is 2.29. The van der Waals surface area contributed by atoms with Crippen LogP contribution in [0.1, 0.15) is 60.8 Å². The molecule has 5 rings (SSSR count). The quantitative estimate of drug-likeness (QED) is 0.289.